The van der Waals surface area contributed by atoms with Crippen molar-refractivity contribution in [3.05, 3.63) is 59.7 Å². The first kappa shape index (κ1) is 31.7. The van der Waals surface area contributed by atoms with E-state index < -0.39 is 43.2 Å². The third kappa shape index (κ3) is 10.3. The second kappa shape index (κ2) is 12.5. The molecule has 0 aromatic heterocycles. The van der Waals surface area contributed by atoms with Gasteiger partial charge >= 0.3 is 31.9 Å². The summed E-state index contributed by atoms with van der Waals surface area (Å²) in [6.45, 7) is 1.82. The van der Waals surface area contributed by atoms with Gasteiger partial charge in [-0.2, -0.15) is 43.2 Å². The summed E-state index contributed by atoms with van der Waals surface area (Å²) in [6, 6.07) is 10.2. The van der Waals surface area contributed by atoms with Crippen molar-refractivity contribution >= 4 is 31.7 Å². The molecule has 2 aromatic rings. The van der Waals surface area contributed by atoms with Crippen LogP contribution in [0.4, 0.5) is 26.3 Å². The van der Waals surface area contributed by atoms with Gasteiger partial charge in [0.05, 0.1) is 25.2 Å². The predicted octanol–water partition coefficient (Wildman–Crippen LogP) is 4.37. The Kier molecular flexibility index (Phi) is 10.2. The monoisotopic (exact) mass is 606 g/mol. The number of hydrogen-bond acceptors (Lipinski definition) is 10. The Balaban J connectivity index is 1.89. The number of rotatable bonds is 12. The minimum atomic E-state index is -6.37. The van der Waals surface area contributed by atoms with Crippen LogP contribution in [-0.2, 0) is 28.8 Å². The lowest BCUT2D eigenvalue weighted by molar-refractivity contribution is -0.0633. The Morgan fingerprint density at radius 1 is 0.744 bits per heavy atom. The molecule has 0 heterocycles. The molecule has 0 saturated carbocycles. The summed E-state index contributed by atoms with van der Waals surface area (Å²) in [6.07, 6.45) is -4.12. The van der Waals surface area contributed by atoms with Gasteiger partial charge in [-0.15, -0.1) is 0 Å². The smallest absolute Gasteiger partial charge is 0.493 e. The lowest BCUT2D eigenvalue weighted by atomic mass is 10.1. The molecule has 216 valence electrons. The van der Waals surface area contributed by atoms with Crippen LogP contribution in [0.3, 0.4) is 0 Å². The Bertz CT molecular complexity index is 1390. The summed E-state index contributed by atoms with van der Waals surface area (Å²) in [5, 5.41) is 5.67. The summed E-state index contributed by atoms with van der Waals surface area (Å²) in [7, 11) is -10.1. The second-order valence-electron chi connectivity index (χ2n) is 7.47. The average molecular weight is 607 g/mol. The molecule has 0 aliphatic carbocycles. The molecule has 0 radical (unpaired) electrons. The van der Waals surface area contributed by atoms with E-state index in [1.807, 2.05) is 0 Å². The van der Waals surface area contributed by atoms with Gasteiger partial charge in [0.2, 0.25) is 0 Å². The van der Waals surface area contributed by atoms with Crippen molar-refractivity contribution in [2.45, 2.75) is 25.0 Å². The molecule has 39 heavy (non-hydrogen) atoms. The van der Waals surface area contributed by atoms with Gasteiger partial charge in [-0.05, 0) is 61.0 Å². The highest BCUT2D eigenvalue weighted by molar-refractivity contribution is 7.87. The number of benzene rings is 2. The molecule has 0 aliphatic rings. The van der Waals surface area contributed by atoms with Crippen molar-refractivity contribution in [3.8, 4) is 11.5 Å². The SMILES string of the molecule is C/C(=N/OS(C)(=O)=O)c1ccc(OCCCOc2ccc(/C(=N\OS(=O)(=O)C(F)(F)F)C(F)(F)F)cc2)cc1. The van der Waals surface area contributed by atoms with Crippen molar-refractivity contribution in [2.24, 2.45) is 10.3 Å². The zero-order valence-corrected chi connectivity index (χ0v) is 21.6. The van der Waals surface area contributed by atoms with Crippen molar-refractivity contribution in [3.63, 3.8) is 0 Å². The van der Waals surface area contributed by atoms with Gasteiger partial charge < -0.3 is 9.47 Å². The van der Waals surface area contributed by atoms with Crippen LogP contribution in [0.5, 0.6) is 11.5 Å². The zero-order chi connectivity index (χ0) is 29.5. The third-order valence-corrected chi connectivity index (χ3v) is 5.50. The lowest BCUT2D eigenvalue weighted by Gasteiger charge is -2.12. The normalized spacial score (nSPS) is 13.6. The summed E-state index contributed by atoms with van der Waals surface area (Å²) in [5.74, 6) is 0.591. The first-order valence-corrected chi connectivity index (χ1v) is 13.7. The minimum Gasteiger partial charge on any atom is -0.493 e. The second-order valence-corrected chi connectivity index (χ2v) is 10.5. The molecule has 0 aliphatic heterocycles. The Morgan fingerprint density at radius 2 is 1.21 bits per heavy atom. The molecule has 10 nitrogen and oxygen atoms in total. The van der Waals surface area contributed by atoms with Crippen molar-refractivity contribution < 1.29 is 61.2 Å². The molecule has 0 atom stereocenters. The van der Waals surface area contributed by atoms with Crippen LogP contribution in [-0.4, -0.2) is 59.4 Å². The van der Waals surface area contributed by atoms with E-state index >= 15 is 0 Å². The van der Waals surface area contributed by atoms with Crippen molar-refractivity contribution in [1.29, 1.82) is 0 Å². The fraction of sp³-hybridized carbons (Fsp3) is 0.333. The standard InChI is InChI=1S/C21H20F6N2O8S2/c1-14(28-36-38(2,30)31)15-4-8-17(9-5-15)34-12-3-13-35-18-10-6-16(7-11-18)19(20(22,23)24)29-37-39(32,33)21(25,26)27/h4-11H,3,12-13H2,1-2H3/b28-14-,29-19+. The van der Waals surface area contributed by atoms with Gasteiger partial charge in [0.15, 0.2) is 5.71 Å². The molecular weight excluding hydrogens is 586 g/mol. The molecule has 0 N–H and O–H groups in total. The van der Waals surface area contributed by atoms with Gasteiger partial charge in [0.1, 0.15) is 11.5 Å². The number of ether oxygens (including phenoxy) is 2. The molecule has 0 bridgehead atoms. The van der Waals surface area contributed by atoms with Crippen molar-refractivity contribution in [1.82, 2.24) is 0 Å². The summed E-state index contributed by atoms with van der Waals surface area (Å²) >= 11 is 0. The molecule has 18 heteroatoms. The number of halogens is 6. The van der Waals surface area contributed by atoms with Gasteiger partial charge in [-0.1, -0.05) is 10.3 Å². The fourth-order valence-electron chi connectivity index (χ4n) is 2.51. The summed E-state index contributed by atoms with van der Waals surface area (Å²) in [4.78, 5) is 0. The maximum absolute atomic E-state index is 13.2. The van der Waals surface area contributed by atoms with Crippen LogP contribution in [0.2, 0.25) is 0 Å². The highest BCUT2D eigenvalue weighted by atomic mass is 32.2. The number of hydrogen-bond donors (Lipinski definition) is 0. The highest BCUT2D eigenvalue weighted by Gasteiger charge is 2.49. The lowest BCUT2D eigenvalue weighted by Crippen LogP contribution is -2.28. The Hall–Kier alpha value is -3.54. The van der Waals surface area contributed by atoms with E-state index in [-0.39, 0.29) is 19.0 Å². The number of alkyl halides is 6. The topological polar surface area (TPSA) is 130 Å². The zero-order valence-electron chi connectivity index (χ0n) is 20.0. The van der Waals surface area contributed by atoms with Crippen LogP contribution in [0, 0.1) is 0 Å². The molecule has 0 unspecified atom stereocenters. The van der Waals surface area contributed by atoms with Gasteiger partial charge in [0, 0.05) is 12.0 Å². The Labute approximate surface area is 219 Å². The van der Waals surface area contributed by atoms with E-state index in [2.05, 4.69) is 18.9 Å². The largest absolute Gasteiger partial charge is 0.536 e. The fourth-order valence-corrected chi connectivity index (χ4v) is 3.02. The van der Waals surface area contributed by atoms with E-state index in [1.54, 1.807) is 31.2 Å². The van der Waals surface area contributed by atoms with Gasteiger partial charge in [0.25, 0.3) is 0 Å². The quantitative estimate of drug-likeness (QED) is 0.115. The van der Waals surface area contributed by atoms with Gasteiger partial charge in [-0.3, -0.25) is 8.57 Å². The average Bonchev–Trinajstić information content (AvgIpc) is 2.81. The maximum atomic E-state index is 13.2. The summed E-state index contributed by atoms with van der Waals surface area (Å²) in [5.41, 5.74) is -7.81. The highest BCUT2D eigenvalue weighted by Crippen LogP contribution is 2.28. The molecule has 2 aromatic carbocycles. The number of nitrogens with zero attached hydrogens (tertiary/aromatic N) is 2. The van der Waals surface area contributed by atoms with E-state index in [0.29, 0.717) is 23.4 Å². The van der Waals surface area contributed by atoms with Crippen LogP contribution < -0.4 is 9.47 Å². The van der Waals surface area contributed by atoms with E-state index in [1.165, 1.54) is 0 Å². The van der Waals surface area contributed by atoms with Crippen LogP contribution in [0.25, 0.3) is 0 Å². The molecule has 0 amide bonds. The van der Waals surface area contributed by atoms with Crippen LogP contribution in [0.15, 0.2) is 58.8 Å². The maximum Gasteiger partial charge on any atom is 0.536 e. The van der Waals surface area contributed by atoms with E-state index in [4.69, 9.17) is 9.47 Å². The van der Waals surface area contributed by atoms with Crippen LogP contribution >= 0.6 is 0 Å². The van der Waals surface area contributed by atoms with E-state index in [9.17, 15) is 43.2 Å². The van der Waals surface area contributed by atoms with Crippen molar-refractivity contribution in [2.75, 3.05) is 19.5 Å². The van der Waals surface area contributed by atoms with E-state index in [0.717, 1.165) is 30.5 Å². The molecule has 2 rings (SSSR count). The molecule has 0 fully saturated rings. The number of oxime groups is 2. The minimum absolute atomic E-state index is 0.0825. The predicted molar refractivity (Wildman–Crippen MR) is 125 cm³/mol. The summed E-state index contributed by atoms with van der Waals surface area (Å²) < 4.78 is 139. The molecular formula is C21H20F6N2O8S2. The third-order valence-electron chi connectivity index (χ3n) is 4.31. The van der Waals surface area contributed by atoms with Crippen LogP contribution in [0.1, 0.15) is 24.5 Å². The first-order valence-electron chi connectivity index (χ1n) is 10.4. The first-order chi connectivity index (χ1) is 17.9. The molecule has 0 saturated heterocycles. The molecule has 0 spiro atoms. The Morgan fingerprint density at radius 3 is 1.62 bits per heavy atom. The van der Waals surface area contributed by atoms with Gasteiger partial charge in [-0.25, -0.2) is 0 Å².